The number of nitrogens with zero attached hydrogens (tertiary/aromatic N) is 3. The molecule has 2 heterocycles. The summed E-state index contributed by atoms with van der Waals surface area (Å²) in [4.78, 5) is 8.76. The van der Waals surface area contributed by atoms with Crippen LogP contribution in [-0.2, 0) is 5.41 Å². The fourth-order valence-corrected chi connectivity index (χ4v) is 3.60. The number of alkyl halides is 5. The van der Waals surface area contributed by atoms with Crippen LogP contribution in [0.1, 0.15) is 24.1 Å². The lowest BCUT2D eigenvalue weighted by molar-refractivity contribution is -0.184. The monoisotopic (exact) mass is 411 g/mol. The van der Waals surface area contributed by atoms with Crippen LogP contribution >= 0.6 is 23.2 Å². The Morgan fingerprint density at radius 1 is 1.12 bits per heavy atom. The molecule has 1 aliphatic rings. The summed E-state index contributed by atoms with van der Waals surface area (Å²) in [6, 6.07) is 4.82. The molecule has 0 spiro atoms. The molecule has 1 aromatic heterocycles. The molecule has 26 heavy (non-hydrogen) atoms. The largest absolute Gasteiger partial charge is 0.400 e. The molecule has 10 heteroatoms. The van der Waals surface area contributed by atoms with E-state index in [1.54, 1.807) is 0 Å². The standard InChI is InChI=1S/C16H12Cl2F5N3/c17-10-5-9(6-11(18)7-10)15(16(21,22)23)2-4-26(8-15)14-24-3-1-12(25-14)13(19)20/h1,3,5-7,13H,2,4,8H2. The second-order valence-electron chi connectivity index (χ2n) is 5.99. The van der Waals surface area contributed by atoms with Gasteiger partial charge in [0, 0.05) is 29.3 Å². The van der Waals surface area contributed by atoms with Gasteiger partial charge in [-0.2, -0.15) is 13.2 Å². The van der Waals surface area contributed by atoms with Gasteiger partial charge in [0.15, 0.2) is 0 Å². The Labute approximate surface area is 155 Å². The molecule has 1 aromatic carbocycles. The van der Waals surface area contributed by atoms with E-state index in [4.69, 9.17) is 23.2 Å². The predicted molar refractivity (Wildman–Crippen MR) is 88.0 cm³/mol. The number of hydrogen-bond donors (Lipinski definition) is 0. The minimum Gasteiger partial charge on any atom is -0.340 e. The third-order valence-electron chi connectivity index (χ3n) is 4.40. The van der Waals surface area contributed by atoms with Gasteiger partial charge in [0.1, 0.15) is 11.1 Å². The highest BCUT2D eigenvalue weighted by Gasteiger charge is 2.59. The molecule has 1 unspecified atom stereocenters. The lowest BCUT2D eigenvalue weighted by Gasteiger charge is -2.32. The summed E-state index contributed by atoms with van der Waals surface area (Å²) < 4.78 is 67.6. The van der Waals surface area contributed by atoms with E-state index >= 15 is 0 Å². The van der Waals surface area contributed by atoms with Gasteiger partial charge in [-0.1, -0.05) is 23.2 Å². The normalized spacial score (nSPS) is 20.8. The molecule has 3 rings (SSSR count). The maximum atomic E-state index is 14.0. The van der Waals surface area contributed by atoms with Gasteiger partial charge in [0.2, 0.25) is 5.95 Å². The van der Waals surface area contributed by atoms with Gasteiger partial charge in [-0.3, -0.25) is 0 Å². The quantitative estimate of drug-likeness (QED) is 0.630. The fraction of sp³-hybridized carbons (Fsp3) is 0.375. The first-order valence-electron chi connectivity index (χ1n) is 7.52. The molecule has 1 saturated heterocycles. The van der Waals surface area contributed by atoms with Crippen LogP contribution in [0.2, 0.25) is 10.0 Å². The molecular weight excluding hydrogens is 400 g/mol. The van der Waals surface area contributed by atoms with Crippen LogP contribution in [0, 0.1) is 0 Å². The predicted octanol–water partition coefficient (Wildman–Crippen LogP) is 5.43. The van der Waals surface area contributed by atoms with Crippen LogP contribution < -0.4 is 4.90 Å². The Balaban J connectivity index is 2.01. The van der Waals surface area contributed by atoms with Gasteiger partial charge in [-0.25, -0.2) is 18.7 Å². The molecule has 0 bridgehead atoms. The molecule has 1 aliphatic heterocycles. The van der Waals surface area contributed by atoms with E-state index < -0.39 is 30.3 Å². The first kappa shape index (κ1) is 19.1. The zero-order valence-corrected chi connectivity index (χ0v) is 14.6. The Morgan fingerprint density at radius 3 is 2.35 bits per heavy atom. The molecule has 140 valence electrons. The molecule has 0 saturated carbocycles. The molecule has 0 radical (unpaired) electrons. The Morgan fingerprint density at radius 2 is 1.77 bits per heavy atom. The van der Waals surface area contributed by atoms with E-state index in [2.05, 4.69) is 9.97 Å². The summed E-state index contributed by atoms with van der Waals surface area (Å²) in [5.74, 6) is -0.165. The van der Waals surface area contributed by atoms with Crippen molar-refractivity contribution in [2.45, 2.75) is 24.4 Å². The Hall–Kier alpha value is -1.67. The first-order chi connectivity index (χ1) is 12.1. The number of hydrogen-bond acceptors (Lipinski definition) is 3. The summed E-state index contributed by atoms with van der Waals surface area (Å²) in [5.41, 5.74) is -2.86. The third-order valence-corrected chi connectivity index (χ3v) is 4.83. The number of benzene rings is 1. The number of rotatable bonds is 3. The second-order valence-corrected chi connectivity index (χ2v) is 6.86. The highest BCUT2D eigenvalue weighted by molar-refractivity contribution is 6.34. The molecule has 1 fully saturated rings. The van der Waals surface area contributed by atoms with Crippen molar-refractivity contribution in [1.29, 1.82) is 0 Å². The molecular formula is C16H12Cl2F5N3. The van der Waals surface area contributed by atoms with Gasteiger partial charge < -0.3 is 4.90 Å². The van der Waals surface area contributed by atoms with Crippen LogP contribution in [-0.4, -0.2) is 29.2 Å². The van der Waals surface area contributed by atoms with Crippen LogP contribution in [0.4, 0.5) is 27.9 Å². The minimum atomic E-state index is -4.60. The van der Waals surface area contributed by atoms with Gasteiger partial charge in [-0.05, 0) is 36.2 Å². The molecule has 0 N–H and O–H groups in total. The SMILES string of the molecule is FC(F)c1ccnc(N2CCC(c3cc(Cl)cc(Cl)c3)(C(F)(F)F)C2)n1. The van der Waals surface area contributed by atoms with Crippen molar-refractivity contribution in [1.82, 2.24) is 9.97 Å². The maximum Gasteiger partial charge on any atom is 0.400 e. The van der Waals surface area contributed by atoms with Crippen molar-refractivity contribution in [3.05, 3.63) is 51.8 Å². The van der Waals surface area contributed by atoms with Gasteiger partial charge >= 0.3 is 6.18 Å². The van der Waals surface area contributed by atoms with Crippen LogP contribution in [0.15, 0.2) is 30.5 Å². The lowest BCUT2D eigenvalue weighted by Crippen LogP contribution is -2.45. The van der Waals surface area contributed by atoms with Crippen LogP contribution in [0.25, 0.3) is 0 Å². The van der Waals surface area contributed by atoms with Crippen LogP contribution in [0.3, 0.4) is 0 Å². The zero-order valence-electron chi connectivity index (χ0n) is 13.1. The third kappa shape index (κ3) is 3.44. The average molecular weight is 412 g/mol. The van der Waals surface area contributed by atoms with E-state index in [9.17, 15) is 22.0 Å². The highest BCUT2D eigenvalue weighted by atomic mass is 35.5. The van der Waals surface area contributed by atoms with E-state index in [0.29, 0.717) is 0 Å². The van der Waals surface area contributed by atoms with Crippen molar-refractivity contribution in [2.24, 2.45) is 0 Å². The zero-order chi connectivity index (χ0) is 19.1. The van der Waals surface area contributed by atoms with Crippen LogP contribution in [0.5, 0.6) is 0 Å². The minimum absolute atomic E-state index is 0.0453. The van der Waals surface area contributed by atoms with E-state index in [1.165, 1.54) is 23.1 Å². The molecule has 0 aliphatic carbocycles. The van der Waals surface area contributed by atoms with E-state index in [0.717, 1.165) is 12.3 Å². The highest BCUT2D eigenvalue weighted by Crippen LogP contribution is 2.49. The van der Waals surface area contributed by atoms with E-state index in [-0.39, 0.29) is 34.5 Å². The topological polar surface area (TPSA) is 29.0 Å². The average Bonchev–Trinajstić information content (AvgIpc) is 3.00. The first-order valence-corrected chi connectivity index (χ1v) is 8.27. The summed E-state index contributed by atoms with van der Waals surface area (Å²) in [5, 5.41) is 0.177. The molecule has 1 atom stereocenters. The molecule has 2 aromatic rings. The van der Waals surface area contributed by atoms with Crippen molar-refractivity contribution in [3.63, 3.8) is 0 Å². The van der Waals surface area contributed by atoms with Gasteiger partial charge in [0.05, 0.1) is 0 Å². The fourth-order valence-electron chi connectivity index (χ4n) is 3.08. The molecule has 3 nitrogen and oxygen atoms in total. The van der Waals surface area contributed by atoms with Crippen molar-refractivity contribution >= 4 is 29.2 Å². The lowest BCUT2D eigenvalue weighted by atomic mass is 9.79. The summed E-state index contributed by atoms with van der Waals surface area (Å²) in [6.07, 6.45) is -6.63. The smallest absolute Gasteiger partial charge is 0.340 e. The van der Waals surface area contributed by atoms with Gasteiger partial charge in [-0.15, -0.1) is 0 Å². The Bertz CT molecular complexity index is 794. The Kier molecular flexibility index (Phi) is 5.00. The molecule has 0 amide bonds. The van der Waals surface area contributed by atoms with Crippen molar-refractivity contribution < 1.29 is 22.0 Å². The second kappa shape index (κ2) is 6.81. The van der Waals surface area contributed by atoms with Crippen molar-refractivity contribution in [2.75, 3.05) is 18.0 Å². The number of halogens is 7. The summed E-state index contributed by atoms with van der Waals surface area (Å²) in [7, 11) is 0. The summed E-state index contributed by atoms with van der Waals surface area (Å²) >= 11 is 11.8. The number of anilines is 1. The summed E-state index contributed by atoms with van der Waals surface area (Å²) in [6.45, 7) is -0.559. The van der Waals surface area contributed by atoms with Gasteiger partial charge in [0.25, 0.3) is 6.43 Å². The maximum absolute atomic E-state index is 14.0. The van der Waals surface area contributed by atoms with Crippen molar-refractivity contribution in [3.8, 4) is 0 Å². The number of aromatic nitrogens is 2. The van der Waals surface area contributed by atoms with E-state index in [1.807, 2.05) is 0 Å².